The zero-order valence-corrected chi connectivity index (χ0v) is 10.1. The molecule has 0 aliphatic rings. The van der Waals surface area contributed by atoms with E-state index in [0.29, 0.717) is 11.1 Å². The summed E-state index contributed by atoms with van der Waals surface area (Å²) in [4.78, 5) is 12.3. The van der Waals surface area contributed by atoms with Gasteiger partial charge in [0, 0.05) is 11.1 Å². The van der Waals surface area contributed by atoms with E-state index in [1.165, 1.54) is 6.07 Å². The number of phenolic OH excluding ortho intramolecular Hbond substituents is 1. The third-order valence-electron chi connectivity index (χ3n) is 2.66. The van der Waals surface area contributed by atoms with Crippen LogP contribution in [0.25, 0.3) is 6.08 Å². The van der Waals surface area contributed by atoms with Crippen molar-refractivity contribution in [3.05, 3.63) is 71.3 Å². The van der Waals surface area contributed by atoms with Crippen molar-refractivity contribution < 1.29 is 9.90 Å². The predicted octanol–water partition coefficient (Wildman–Crippen LogP) is 3.66. The zero-order chi connectivity index (χ0) is 13.0. The van der Waals surface area contributed by atoms with Crippen LogP contribution in [0, 0.1) is 0 Å². The number of phenols is 1. The maximum absolute atomic E-state index is 12.3. The third kappa shape index (κ3) is 2.48. The summed E-state index contributed by atoms with van der Waals surface area (Å²) in [5.41, 5.74) is 1.97. The molecule has 0 aliphatic heterocycles. The molecule has 1 N–H and O–H groups in total. The van der Waals surface area contributed by atoms with Gasteiger partial charge in [-0.2, -0.15) is 0 Å². The van der Waals surface area contributed by atoms with E-state index >= 15 is 0 Å². The lowest BCUT2D eigenvalue weighted by Crippen LogP contribution is -2.03. The normalized spacial score (nSPS) is 10.7. The summed E-state index contributed by atoms with van der Waals surface area (Å²) < 4.78 is 0. The number of benzene rings is 2. The first-order valence-electron chi connectivity index (χ1n) is 5.78. The number of rotatable bonds is 3. The fourth-order valence-corrected chi connectivity index (χ4v) is 1.82. The van der Waals surface area contributed by atoms with Gasteiger partial charge < -0.3 is 5.11 Å². The second kappa shape index (κ2) is 5.32. The molecule has 0 aliphatic carbocycles. The number of ketones is 1. The Balaban J connectivity index is 2.48. The monoisotopic (exact) mass is 238 g/mol. The number of aromatic hydroxyl groups is 1. The Labute approximate surface area is 106 Å². The van der Waals surface area contributed by atoms with Crippen molar-refractivity contribution in [1.29, 1.82) is 0 Å². The van der Waals surface area contributed by atoms with Gasteiger partial charge in [0.15, 0.2) is 5.78 Å². The molecule has 0 radical (unpaired) electrons. The highest BCUT2D eigenvalue weighted by atomic mass is 16.3. The first-order valence-corrected chi connectivity index (χ1v) is 5.78. The van der Waals surface area contributed by atoms with Gasteiger partial charge in [0.05, 0.1) is 0 Å². The van der Waals surface area contributed by atoms with Crippen LogP contribution in [0.5, 0.6) is 5.75 Å². The van der Waals surface area contributed by atoms with Gasteiger partial charge in [0.2, 0.25) is 0 Å². The van der Waals surface area contributed by atoms with Crippen molar-refractivity contribution in [2.45, 2.75) is 6.92 Å². The molecule has 0 bridgehead atoms. The molecule has 0 heterocycles. The van der Waals surface area contributed by atoms with Crippen LogP contribution >= 0.6 is 0 Å². The van der Waals surface area contributed by atoms with Crippen molar-refractivity contribution in [3.8, 4) is 5.75 Å². The second-order valence-electron chi connectivity index (χ2n) is 3.97. The van der Waals surface area contributed by atoms with Gasteiger partial charge in [-0.05, 0) is 30.7 Å². The van der Waals surface area contributed by atoms with Crippen molar-refractivity contribution >= 4 is 11.9 Å². The molecule has 0 spiro atoms. The molecular weight excluding hydrogens is 224 g/mol. The summed E-state index contributed by atoms with van der Waals surface area (Å²) in [7, 11) is 0. The van der Waals surface area contributed by atoms with Gasteiger partial charge in [-0.15, -0.1) is 0 Å². The molecule has 2 rings (SSSR count). The summed E-state index contributed by atoms with van der Waals surface area (Å²) in [6.07, 6.45) is 3.66. The quantitative estimate of drug-likeness (QED) is 0.828. The fraction of sp³-hybridized carbons (Fsp3) is 0.0625. The first kappa shape index (κ1) is 12.1. The molecule has 0 amide bonds. The van der Waals surface area contributed by atoms with Gasteiger partial charge in [-0.3, -0.25) is 4.79 Å². The van der Waals surface area contributed by atoms with Crippen molar-refractivity contribution in [1.82, 2.24) is 0 Å². The molecule has 2 aromatic rings. The van der Waals surface area contributed by atoms with Crippen molar-refractivity contribution in [2.24, 2.45) is 0 Å². The molecule has 0 fully saturated rings. The van der Waals surface area contributed by atoms with Crippen LogP contribution in [-0.4, -0.2) is 10.9 Å². The molecule has 0 saturated carbocycles. The van der Waals surface area contributed by atoms with Gasteiger partial charge in [0.1, 0.15) is 5.75 Å². The van der Waals surface area contributed by atoms with E-state index in [9.17, 15) is 9.90 Å². The molecule has 0 atom stereocenters. The minimum Gasteiger partial charge on any atom is -0.508 e. The Morgan fingerprint density at radius 3 is 2.50 bits per heavy atom. The third-order valence-corrected chi connectivity index (χ3v) is 2.66. The molecule has 2 aromatic carbocycles. The van der Waals surface area contributed by atoms with Crippen molar-refractivity contribution in [3.63, 3.8) is 0 Å². The van der Waals surface area contributed by atoms with Crippen LogP contribution in [0.3, 0.4) is 0 Å². The van der Waals surface area contributed by atoms with E-state index in [1.807, 2.05) is 37.3 Å². The van der Waals surface area contributed by atoms with Crippen molar-refractivity contribution in [2.75, 3.05) is 0 Å². The second-order valence-corrected chi connectivity index (χ2v) is 3.97. The molecule has 90 valence electrons. The van der Waals surface area contributed by atoms with Crippen LogP contribution in [0.2, 0.25) is 0 Å². The smallest absolute Gasteiger partial charge is 0.193 e. The molecular formula is C16H14O2. The van der Waals surface area contributed by atoms with Gasteiger partial charge >= 0.3 is 0 Å². The number of hydrogen-bond acceptors (Lipinski definition) is 2. The molecule has 18 heavy (non-hydrogen) atoms. The highest BCUT2D eigenvalue weighted by Gasteiger charge is 2.12. The maximum Gasteiger partial charge on any atom is 0.193 e. The Morgan fingerprint density at radius 1 is 1.11 bits per heavy atom. The molecule has 2 heteroatoms. The Kier molecular flexibility index (Phi) is 3.58. The Hall–Kier alpha value is -2.35. The van der Waals surface area contributed by atoms with E-state index in [4.69, 9.17) is 0 Å². The maximum atomic E-state index is 12.3. The van der Waals surface area contributed by atoms with Crippen LogP contribution in [0.15, 0.2) is 54.6 Å². The largest absolute Gasteiger partial charge is 0.508 e. The van der Waals surface area contributed by atoms with E-state index in [-0.39, 0.29) is 11.5 Å². The lowest BCUT2D eigenvalue weighted by molar-refractivity contribution is 0.103. The SMILES string of the molecule is C/C=C\c1cc(O)ccc1C(=O)c1ccccc1. The van der Waals surface area contributed by atoms with E-state index in [2.05, 4.69) is 0 Å². The summed E-state index contributed by atoms with van der Waals surface area (Å²) in [5, 5.41) is 9.47. The molecule has 0 saturated heterocycles. The highest BCUT2D eigenvalue weighted by Crippen LogP contribution is 2.21. The van der Waals surface area contributed by atoms with Gasteiger partial charge in [-0.1, -0.05) is 42.5 Å². The minimum atomic E-state index is -0.0382. The van der Waals surface area contributed by atoms with E-state index < -0.39 is 0 Å². The minimum absolute atomic E-state index is 0.0382. The number of carbonyl (C=O) groups excluding carboxylic acids is 1. The first-order chi connectivity index (χ1) is 8.72. The highest BCUT2D eigenvalue weighted by molar-refractivity contribution is 6.11. The lowest BCUT2D eigenvalue weighted by Gasteiger charge is -2.06. The molecule has 0 aromatic heterocycles. The van der Waals surface area contributed by atoms with Crippen LogP contribution < -0.4 is 0 Å². The number of carbonyl (C=O) groups is 1. The lowest BCUT2D eigenvalue weighted by atomic mass is 9.98. The number of allylic oxidation sites excluding steroid dienone is 1. The fourth-order valence-electron chi connectivity index (χ4n) is 1.82. The number of hydrogen-bond donors (Lipinski definition) is 1. The topological polar surface area (TPSA) is 37.3 Å². The summed E-state index contributed by atoms with van der Waals surface area (Å²) >= 11 is 0. The molecule has 0 unspecified atom stereocenters. The van der Waals surface area contributed by atoms with Crippen LogP contribution in [0.1, 0.15) is 28.4 Å². The molecule has 2 nitrogen and oxygen atoms in total. The van der Waals surface area contributed by atoms with Gasteiger partial charge in [0.25, 0.3) is 0 Å². The van der Waals surface area contributed by atoms with E-state index in [0.717, 1.165) is 5.56 Å². The summed E-state index contributed by atoms with van der Waals surface area (Å²) in [6.45, 7) is 1.88. The standard InChI is InChI=1S/C16H14O2/c1-2-6-13-11-14(17)9-10-15(13)16(18)12-7-4-3-5-8-12/h2-11,17H,1H3/b6-2-. The Bertz CT molecular complexity index is 583. The average Bonchev–Trinajstić information content (AvgIpc) is 2.40. The zero-order valence-electron chi connectivity index (χ0n) is 10.1. The predicted molar refractivity (Wildman–Crippen MR) is 72.7 cm³/mol. The van der Waals surface area contributed by atoms with Gasteiger partial charge in [-0.25, -0.2) is 0 Å². The van der Waals surface area contributed by atoms with E-state index in [1.54, 1.807) is 24.3 Å². The summed E-state index contributed by atoms with van der Waals surface area (Å²) in [6, 6.07) is 13.9. The summed E-state index contributed by atoms with van der Waals surface area (Å²) in [5.74, 6) is 0.122. The Morgan fingerprint density at radius 2 is 1.83 bits per heavy atom. The average molecular weight is 238 g/mol. The van der Waals surface area contributed by atoms with Crippen LogP contribution in [-0.2, 0) is 0 Å². The van der Waals surface area contributed by atoms with Crippen LogP contribution in [0.4, 0.5) is 0 Å².